The third-order valence-corrected chi connectivity index (χ3v) is 1.38. The second kappa shape index (κ2) is 15.7. The summed E-state index contributed by atoms with van der Waals surface area (Å²) in [5, 5.41) is 43.4. The van der Waals surface area contributed by atoms with E-state index in [9.17, 15) is 4.79 Å². The van der Waals surface area contributed by atoms with Crippen molar-refractivity contribution in [2.24, 2.45) is 0 Å². The minimum Gasteiger partial charge on any atom is -0.790 e. The Morgan fingerprint density at radius 1 is 1.05 bits per heavy atom. The average Bonchev–Trinajstić information content (AvgIpc) is 2.22. The van der Waals surface area contributed by atoms with Crippen LogP contribution in [-0.4, -0.2) is 67.7 Å². The SMILES string of the molecule is O=P([O-])([O-])O.O=[C-][C@H](O)[C@@H](O)[C@H](O)[C@H](O)CO.[K+].[K+]. The standard InChI is InChI=1S/C6H11O6.2K.H3O4P/c7-1-3(9)5(11)6(12)4(10)2-8;;;1-5(2,3)4/h3-7,9-12H,1H2;;;(H3,1,2,3,4)/q-1;2*+1;/p-2/t3-,4+,5-,6-;;;/m1.../s1. The summed E-state index contributed by atoms with van der Waals surface area (Å²) in [7, 11) is -5.14. The molecule has 0 amide bonds. The van der Waals surface area contributed by atoms with Gasteiger partial charge in [-0.1, -0.05) is 0 Å². The third kappa shape index (κ3) is 20.9. The molecule has 19 heavy (non-hydrogen) atoms. The molecule has 0 saturated heterocycles. The predicted octanol–water partition coefficient (Wildman–Crippen LogP) is -11.7. The van der Waals surface area contributed by atoms with Gasteiger partial charge in [-0.15, -0.1) is 0 Å². The summed E-state index contributed by atoms with van der Waals surface area (Å²) in [6.45, 7) is -0.774. The van der Waals surface area contributed by atoms with Crippen LogP contribution in [0.4, 0.5) is 0 Å². The second-order valence-electron chi connectivity index (χ2n) is 2.76. The maximum Gasteiger partial charge on any atom is 1.00 e. The van der Waals surface area contributed by atoms with Gasteiger partial charge in [0.05, 0.1) is 20.5 Å². The van der Waals surface area contributed by atoms with Crippen molar-refractivity contribution in [2.75, 3.05) is 6.61 Å². The Morgan fingerprint density at radius 3 is 1.58 bits per heavy atom. The van der Waals surface area contributed by atoms with Gasteiger partial charge in [0.15, 0.2) is 0 Å². The van der Waals surface area contributed by atoms with Gasteiger partial charge in [0.1, 0.15) is 12.2 Å². The van der Waals surface area contributed by atoms with Gasteiger partial charge in [0, 0.05) is 0 Å². The van der Waals surface area contributed by atoms with Gasteiger partial charge >= 0.3 is 103 Å². The second-order valence-corrected chi connectivity index (χ2v) is 3.70. The van der Waals surface area contributed by atoms with Gasteiger partial charge in [0.2, 0.25) is 0 Å². The number of aliphatic hydroxyl groups excluding tert-OH is 5. The van der Waals surface area contributed by atoms with Crippen molar-refractivity contribution >= 4 is 14.1 Å². The molecule has 0 aliphatic rings. The fourth-order valence-electron chi connectivity index (χ4n) is 0.592. The number of aliphatic hydroxyl groups is 5. The van der Waals surface area contributed by atoms with Gasteiger partial charge < -0.3 is 49.6 Å². The molecule has 0 heterocycles. The van der Waals surface area contributed by atoms with Crippen LogP contribution in [0, 0.1) is 0 Å². The van der Waals surface area contributed by atoms with Crippen LogP contribution in [0.2, 0.25) is 0 Å². The molecule has 0 aromatic heterocycles. The molecule has 0 unspecified atom stereocenters. The van der Waals surface area contributed by atoms with Crippen molar-refractivity contribution in [3.05, 3.63) is 0 Å². The van der Waals surface area contributed by atoms with E-state index in [0.29, 0.717) is 0 Å². The van der Waals surface area contributed by atoms with E-state index in [4.69, 9.17) is 44.8 Å². The minimum absolute atomic E-state index is 0. The van der Waals surface area contributed by atoms with Gasteiger partial charge in [-0.3, -0.25) is 0 Å². The molecule has 13 heteroatoms. The van der Waals surface area contributed by atoms with Gasteiger partial charge in [0.25, 0.3) is 0 Å². The fraction of sp³-hybridized carbons (Fsp3) is 0.833. The van der Waals surface area contributed by atoms with E-state index >= 15 is 0 Å². The van der Waals surface area contributed by atoms with Crippen molar-refractivity contribution in [1.82, 2.24) is 0 Å². The van der Waals surface area contributed by atoms with E-state index in [1.54, 1.807) is 0 Å². The molecular weight excluding hydrogens is 341 g/mol. The maximum atomic E-state index is 9.77. The molecule has 0 rings (SSSR count). The number of hydrogen-bond donors (Lipinski definition) is 6. The first-order chi connectivity index (χ1) is 7.54. The fourth-order valence-corrected chi connectivity index (χ4v) is 0.592. The van der Waals surface area contributed by atoms with E-state index < -0.39 is 38.8 Å². The van der Waals surface area contributed by atoms with E-state index in [-0.39, 0.29) is 103 Å². The average molecular weight is 353 g/mol. The first kappa shape index (κ1) is 29.8. The van der Waals surface area contributed by atoms with Crippen LogP contribution in [-0.2, 0) is 9.36 Å². The van der Waals surface area contributed by atoms with Crippen molar-refractivity contribution in [3.63, 3.8) is 0 Å². The van der Waals surface area contributed by atoms with E-state index in [2.05, 4.69) is 0 Å². The van der Waals surface area contributed by atoms with Crippen molar-refractivity contribution in [1.29, 1.82) is 0 Å². The minimum atomic E-state index is -5.14. The summed E-state index contributed by atoms with van der Waals surface area (Å²) >= 11 is 0. The molecule has 0 aliphatic carbocycles. The van der Waals surface area contributed by atoms with Crippen LogP contribution in [0.25, 0.3) is 0 Å². The number of hydrogen-bond acceptors (Lipinski definition) is 9. The Bertz CT molecular complexity index is 252. The van der Waals surface area contributed by atoms with Crippen molar-refractivity contribution in [3.8, 4) is 0 Å². The summed E-state index contributed by atoms with van der Waals surface area (Å²) < 4.78 is 8.66. The summed E-state index contributed by atoms with van der Waals surface area (Å²) in [5.41, 5.74) is 0. The summed E-state index contributed by atoms with van der Waals surface area (Å²) in [6, 6.07) is 0. The Labute approximate surface area is 193 Å². The Morgan fingerprint density at radius 2 is 1.37 bits per heavy atom. The van der Waals surface area contributed by atoms with Gasteiger partial charge in [-0.25, -0.2) is 6.29 Å². The first-order valence-corrected chi connectivity index (χ1v) is 5.49. The van der Waals surface area contributed by atoms with Crippen LogP contribution >= 0.6 is 7.82 Å². The Kier molecular flexibility index (Phi) is 24.7. The number of phosphoric acid groups is 1. The van der Waals surface area contributed by atoms with Gasteiger partial charge in [-0.2, -0.15) is 0 Å². The zero-order valence-corrected chi connectivity index (χ0v) is 17.4. The molecule has 0 fully saturated rings. The van der Waals surface area contributed by atoms with E-state index in [1.807, 2.05) is 0 Å². The molecule has 104 valence electrons. The van der Waals surface area contributed by atoms with Crippen LogP contribution < -0.4 is 113 Å². The summed E-state index contributed by atoms with van der Waals surface area (Å²) in [5.74, 6) is 0. The van der Waals surface area contributed by atoms with Crippen molar-refractivity contribution in [2.45, 2.75) is 24.4 Å². The molecule has 6 N–H and O–H groups in total. The molecule has 0 spiro atoms. The monoisotopic (exact) mass is 353 g/mol. The zero-order chi connectivity index (χ0) is 14.2. The normalized spacial score (nSPS) is 16.4. The molecule has 0 saturated carbocycles. The van der Waals surface area contributed by atoms with E-state index in [0.717, 1.165) is 6.29 Å². The topological polar surface area (TPSA) is 202 Å². The zero-order valence-electron chi connectivity index (χ0n) is 10.3. The third-order valence-electron chi connectivity index (χ3n) is 1.38. The molecule has 0 aromatic carbocycles. The Hall–Kier alpha value is 2.85. The molecule has 0 aromatic rings. The molecular formula is C6H12K2O10P-. The molecule has 0 radical (unpaired) electrons. The first-order valence-electron chi connectivity index (χ1n) is 4.00. The van der Waals surface area contributed by atoms with Gasteiger partial charge in [-0.05, 0) is 6.10 Å². The quantitative estimate of drug-likeness (QED) is 0.156. The number of rotatable bonds is 5. The smallest absolute Gasteiger partial charge is 0.790 e. The maximum absolute atomic E-state index is 9.77. The Balaban J connectivity index is -0.000000139. The summed E-state index contributed by atoms with van der Waals surface area (Å²) in [4.78, 5) is 34.1. The van der Waals surface area contributed by atoms with Crippen LogP contribution in [0.5, 0.6) is 0 Å². The van der Waals surface area contributed by atoms with Crippen LogP contribution in [0.3, 0.4) is 0 Å². The van der Waals surface area contributed by atoms with E-state index in [1.165, 1.54) is 0 Å². The predicted molar refractivity (Wildman–Crippen MR) is 46.6 cm³/mol. The molecule has 0 aliphatic heterocycles. The van der Waals surface area contributed by atoms with Crippen molar-refractivity contribution < 1.29 is 152 Å². The molecule has 4 atom stereocenters. The number of carbonyl (C=O) groups excluding carboxylic acids is 1. The summed E-state index contributed by atoms with van der Waals surface area (Å²) in [6.07, 6.45) is -6.07. The molecule has 10 nitrogen and oxygen atoms in total. The molecule has 0 bridgehead atoms. The van der Waals surface area contributed by atoms with Crippen LogP contribution in [0.1, 0.15) is 0 Å². The largest absolute Gasteiger partial charge is 1.00 e. The van der Waals surface area contributed by atoms with Crippen LogP contribution in [0.15, 0.2) is 0 Å².